The summed E-state index contributed by atoms with van der Waals surface area (Å²) in [6, 6.07) is 0. The minimum atomic E-state index is 0.816. The monoisotopic (exact) mass is 126 g/mol. The first kappa shape index (κ1) is 8.52. The van der Waals surface area contributed by atoms with Crippen molar-refractivity contribution in [2.45, 2.75) is 26.2 Å². The molecule has 0 radical (unpaired) electrons. The highest BCUT2D eigenvalue weighted by Crippen LogP contribution is 1.93. The van der Waals surface area contributed by atoms with Gasteiger partial charge in [0.2, 0.25) is 0 Å². The van der Waals surface area contributed by atoms with Gasteiger partial charge in [-0.2, -0.15) is 0 Å². The van der Waals surface area contributed by atoms with E-state index in [4.69, 9.17) is 11.2 Å². The van der Waals surface area contributed by atoms with Gasteiger partial charge in [0.1, 0.15) is 0 Å². The van der Waals surface area contributed by atoms with Crippen LogP contribution in [0, 0.1) is 12.3 Å². The van der Waals surface area contributed by atoms with Crippen LogP contribution in [-0.2, 0) is 4.74 Å². The van der Waals surface area contributed by atoms with Crippen LogP contribution in [0.5, 0.6) is 0 Å². The number of rotatable bonds is 5. The Kier molecular flexibility index (Phi) is 7.12. The smallest absolute Gasteiger partial charge is 0.0466 e. The summed E-state index contributed by atoms with van der Waals surface area (Å²) in [6.07, 6.45) is 8.12. The van der Waals surface area contributed by atoms with Crippen LogP contribution in [-0.4, -0.2) is 13.2 Å². The van der Waals surface area contributed by atoms with Crippen LogP contribution < -0.4 is 0 Å². The van der Waals surface area contributed by atoms with Crippen LogP contribution in [0.1, 0.15) is 26.2 Å². The number of ether oxygens (including phenoxy) is 1. The Bertz CT molecular complexity index is 81.1. The molecular weight excluding hydrogens is 112 g/mol. The maximum absolute atomic E-state index is 5.11. The van der Waals surface area contributed by atoms with Crippen LogP contribution >= 0.6 is 0 Å². The summed E-state index contributed by atoms with van der Waals surface area (Å²) in [5.74, 6) is 2.59. The molecule has 0 saturated carbocycles. The fourth-order valence-electron chi connectivity index (χ4n) is 0.576. The summed E-state index contributed by atoms with van der Waals surface area (Å²) in [7, 11) is 0. The molecule has 0 aliphatic carbocycles. The Labute approximate surface area is 57.4 Å². The summed E-state index contributed by atoms with van der Waals surface area (Å²) < 4.78 is 5.11. The van der Waals surface area contributed by atoms with Crippen LogP contribution in [0.4, 0.5) is 0 Å². The Morgan fingerprint density at radius 3 is 2.78 bits per heavy atom. The Morgan fingerprint density at radius 2 is 2.22 bits per heavy atom. The standard InChI is InChI=1S/C8H14O/c1-3-5-6-7-8-9-4-2/h1H,4-8H2,2H3. The lowest BCUT2D eigenvalue weighted by atomic mass is 10.2. The maximum Gasteiger partial charge on any atom is 0.0466 e. The molecule has 0 rings (SSSR count). The van der Waals surface area contributed by atoms with Crippen molar-refractivity contribution < 1.29 is 4.74 Å². The lowest BCUT2D eigenvalue weighted by Crippen LogP contribution is -1.92. The molecule has 0 aromatic carbocycles. The van der Waals surface area contributed by atoms with Crippen molar-refractivity contribution in [2.75, 3.05) is 13.2 Å². The molecule has 0 fully saturated rings. The van der Waals surface area contributed by atoms with Crippen molar-refractivity contribution in [1.29, 1.82) is 0 Å². The van der Waals surface area contributed by atoms with Gasteiger partial charge in [0, 0.05) is 19.6 Å². The van der Waals surface area contributed by atoms with Gasteiger partial charge in [-0.1, -0.05) is 0 Å². The largest absolute Gasteiger partial charge is 0.382 e. The average Bonchev–Trinajstić information content (AvgIpc) is 1.89. The molecule has 0 amide bonds. The lowest BCUT2D eigenvalue weighted by Gasteiger charge is -1.96. The van der Waals surface area contributed by atoms with E-state index < -0.39 is 0 Å². The predicted octanol–water partition coefficient (Wildman–Crippen LogP) is 1.83. The van der Waals surface area contributed by atoms with Crippen molar-refractivity contribution in [2.24, 2.45) is 0 Å². The molecule has 0 saturated heterocycles. The van der Waals surface area contributed by atoms with Gasteiger partial charge in [-0.05, 0) is 19.8 Å². The van der Waals surface area contributed by atoms with Crippen molar-refractivity contribution in [3.05, 3.63) is 0 Å². The molecule has 52 valence electrons. The zero-order valence-electron chi connectivity index (χ0n) is 6.02. The molecular formula is C8H14O. The van der Waals surface area contributed by atoms with Crippen LogP contribution in [0.2, 0.25) is 0 Å². The number of hydrogen-bond donors (Lipinski definition) is 0. The van der Waals surface area contributed by atoms with Crippen molar-refractivity contribution in [3.8, 4) is 12.3 Å². The van der Waals surface area contributed by atoms with E-state index in [1.54, 1.807) is 0 Å². The minimum absolute atomic E-state index is 0.816. The summed E-state index contributed by atoms with van der Waals surface area (Å²) in [6.45, 7) is 3.68. The van der Waals surface area contributed by atoms with E-state index >= 15 is 0 Å². The third-order valence-corrected chi connectivity index (χ3v) is 1.06. The van der Waals surface area contributed by atoms with Crippen molar-refractivity contribution in [1.82, 2.24) is 0 Å². The zero-order valence-corrected chi connectivity index (χ0v) is 6.02. The molecule has 0 N–H and O–H groups in total. The Morgan fingerprint density at radius 1 is 1.44 bits per heavy atom. The predicted molar refractivity (Wildman–Crippen MR) is 39.2 cm³/mol. The molecule has 0 aromatic rings. The van der Waals surface area contributed by atoms with Gasteiger partial charge in [0.25, 0.3) is 0 Å². The normalized spacial score (nSPS) is 8.89. The highest BCUT2D eigenvalue weighted by molar-refractivity contribution is 4.82. The van der Waals surface area contributed by atoms with E-state index in [0.29, 0.717) is 0 Å². The third kappa shape index (κ3) is 7.52. The molecule has 0 aliphatic rings. The molecule has 0 bridgehead atoms. The van der Waals surface area contributed by atoms with Gasteiger partial charge in [-0.15, -0.1) is 12.3 Å². The second-order valence-corrected chi connectivity index (χ2v) is 1.86. The fraction of sp³-hybridized carbons (Fsp3) is 0.750. The number of unbranched alkanes of at least 4 members (excludes halogenated alkanes) is 2. The van der Waals surface area contributed by atoms with Gasteiger partial charge in [0.15, 0.2) is 0 Å². The zero-order chi connectivity index (χ0) is 6.95. The second-order valence-electron chi connectivity index (χ2n) is 1.86. The highest BCUT2D eigenvalue weighted by Gasteiger charge is 1.84. The Hall–Kier alpha value is -0.480. The van der Waals surface area contributed by atoms with E-state index in [9.17, 15) is 0 Å². The lowest BCUT2D eigenvalue weighted by molar-refractivity contribution is 0.144. The second kappa shape index (κ2) is 7.52. The summed E-state index contributed by atoms with van der Waals surface area (Å²) >= 11 is 0. The molecule has 1 nitrogen and oxygen atoms in total. The minimum Gasteiger partial charge on any atom is -0.382 e. The molecule has 0 spiro atoms. The third-order valence-electron chi connectivity index (χ3n) is 1.06. The average molecular weight is 126 g/mol. The molecule has 0 heterocycles. The van der Waals surface area contributed by atoms with Crippen LogP contribution in [0.25, 0.3) is 0 Å². The highest BCUT2D eigenvalue weighted by atomic mass is 16.5. The quantitative estimate of drug-likeness (QED) is 0.403. The first-order chi connectivity index (χ1) is 4.41. The molecule has 0 atom stereocenters. The van der Waals surface area contributed by atoms with Crippen molar-refractivity contribution >= 4 is 0 Å². The fourth-order valence-corrected chi connectivity index (χ4v) is 0.576. The van der Waals surface area contributed by atoms with Crippen LogP contribution in [0.15, 0.2) is 0 Å². The van der Waals surface area contributed by atoms with Gasteiger partial charge in [0.05, 0.1) is 0 Å². The first-order valence-electron chi connectivity index (χ1n) is 3.43. The van der Waals surface area contributed by atoms with E-state index in [0.717, 1.165) is 32.5 Å². The molecule has 0 aromatic heterocycles. The first-order valence-corrected chi connectivity index (χ1v) is 3.43. The van der Waals surface area contributed by atoms with Gasteiger partial charge >= 0.3 is 0 Å². The van der Waals surface area contributed by atoms with E-state index in [2.05, 4.69) is 5.92 Å². The van der Waals surface area contributed by atoms with E-state index in [1.165, 1.54) is 0 Å². The van der Waals surface area contributed by atoms with Gasteiger partial charge < -0.3 is 4.74 Å². The number of terminal acetylenes is 1. The molecule has 0 unspecified atom stereocenters. The maximum atomic E-state index is 5.11. The SMILES string of the molecule is C#CCCCCOCC. The Balaban J connectivity index is 2.69. The van der Waals surface area contributed by atoms with Gasteiger partial charge in [-0.3, -0.25) is 0 Å². The topological polar surface area (TPSA) is 9.23 Å². The summed E-state index contributed by atoms with van der Waals surface area (Å²) in [5.41, 5.74) is 0. The summed E-state index contributed by atoms with van der Waals surface area (Å²) in [5, 5.41) is 0. The van der Waals surface area contributed by atoms with Crippen molar-refractivity contribution in [3.63, 3.8) is 0 Å². The summed E-state index contributed by atoms with van der Waals surface area (Å²) in [4.78, 5) is 0. The number of hydrogen-bond acceptors (Lipinski definition) is 1. The van der Waals surface area contributed by atoms with Crippen LogP contribution in [0.3, 0.4) is 0 Å². The van der Waals surface area contributed by atoms with E-state index in [-0.39, 0.29) is 0 Å². The van der Waals surface area contributed by atoms with Gasteiger partial charge in [-0.25, -0.2) is 0 Å². The molecule has 0 aliphatic heterocycles. The van der Waals surface area contributed by atoms with E-state index in [1.807, 2.05) is 6.92 Å². The molecule has 1 heteroatoms. The molecule has 9 heavy (non-hydrogen) atoms.